The van der Waals surface area contributed by atoms with E-state index < -0.39 is 5.97 Å². The Bertz CT molecular complexity index is 707. The predicted molar refractivity (Wildman–Crippen MR) is 83.8 cm³/mol. The fourth-order valence-electron chi connectivity index (χ4n) is 2.43. The molecule has 0 spiro atoms. The second-order valence-electron chi connectivity index (χ2n) is 5.22. The Kier molecular flexibility index (Phi) is 3.85. The van der Waals surface area contributed by atoms with E-state index in [2.05, 4.69) is 5.32 Å². The van der Waals surface area contributed by atoms with Gasteiger partial charge in [0.25, 0.3) is 0 Å². The Labute approximate surface area is 131 Å². The lowest BCUT2D eigenvalue weighted by atomic mass is 10.1. The van der Waals surface area contributed by atoms with Gasteiger partial charge in [-0.1, -0.05) is 12.1 Å². The van der Waals surface area contributed by atoms with Gasteiger partial charge in [0, 0.05) is 11.3 Å². The predicted octanol–water partition coefficient (Wildman–Crippen LogP) is 3.20. The van der Waals surface area contributed by atoms with Crippen molar-refractivity contribution in [2.45, 2.75) is 12.3 Å². The van der Waals surface area contributed by atoms with Crippen molar-refractivity contribution in [3.63, 3.8) is 0 Å². The Balaban J connectivity index is 1.60. The van der Waals surface area contributed by atoms with E-state index in [1.54, 1.807) is 7.11 Å². The molecule has 1 amide bonds. The van der Waals surface area contributed by atoms with E-state index in [4.69, 9.17) is 9.84 Å². The second kappa shape index (κ2) is 5.81. The van der Waals surface area contributed by atoms with Crippen molar-refractivity contribution in [1.82, 2.24) is 0 Å². The number of amides is 1. The van der Waals surface area contributed by atoms with E-state index >= 15 is 0 Å². The third-order valence-electron chi connectivity index (χ3n) is 3.76. The Morgan fingerprint density at radius 2 is 2.05 bits per heavy atom. The minimum Gasteiger partial charge on any atom is -0.497 e. The van der Waals surface area contributed by atoms with Crippen LogP contribution in [0.15, 0.2) is 35.7 Å². The third kappa shape index (κ3) is 2.96. The van der Waals surface area contributed by atoms with Crippen LogP contribution < -0.4 is 10.1 Å². The highest BCUT2D eigenvalue weighted by Gasteiger charge is 2.44. The highest BCUT2D eigenvalue weighted by molar-refractivity contribution is 7.14. The average Bonchev–Trinajstić information content (AvgIpc) is 3.19. The zero-order chi connectivity index (χ0) is 15.7. The van der Waals surface area contributed by atoms with Crippen molar-refractivity contribution in [2.24, 2.45) is 5.92 Å². The molecule has 1 aliphatic carbocycles. The molecule has 0 aliphatic heterocycles. The number of carbonyl (C=O) groups is 2. The lowest BCUT2D eigenvalue weighted by molar-refractivity contribution is -0.117. The molecule has 0 unspecified atom stereocenters. The van der Waals surface area contributed by atoms with Gasteiger partial charge in [-0.3, -0.25) is 4.79 Å². The van der Waals surface area contributed by atoms with Crippen LogP contribution in [0.2, 0.25) is 0 Å². The Morgan fingerprint density at radius 1 is 1.32 bits per heavy atom. The molecule has 1 heterocycles. The summed E-state index contributed by atoms with van der Waals surface area (Å²) in [5.74, 6) is -0.0716. The number of rotatable bonds is 5. The van der Waals surface area contributed by atoms with Gasteiger partial charge in [0.15, 0.2) is 0 Å². The number of hydrogen-bond donors (Lipinski definition) is 2. The fraction of sp³-hybridized carbons (Fsp3) is 0.250. The molecule has 1 fully saturated rings. The van der Waals surface area contributed by atoms with E-state index in [0.717, 1.165) is 17.7 Å². The van der Waals surface area contributed by atoms with Crippen LogP contribution in [0.5, 0.6) is 5.75 Å². The lowest BCUT2D eigenvalue weighted by Crippen LogP contribution is -2.13. The number of aromatic carboxylic acids is 1. The molecule has 5 nitrogen and oxygen atoms in total. The van der Waals surface area contributed by atoms with Crippen molar-refractivity contribution in [2.75, 3.05) is 12.4 Å². The summed E-state index contributed by atoms with van der Waals surface area (Å²) in [6, 6.07) is 9.21. The van der Waals surface area contributed by atoms with E-state index in [1.165, 1.54) is 22.8 Å². The van der Waals surface area contributed by atoms with Crippen molar-refractivity contribution in [1.29, 1.82) is 0 Å². The van der Waals surface area contributed by atoms with Crippen molar-refractivity contribution in [3.05, 3.63) is 46.8 Å². The van der Waals surface area contributed by atoms with E-state index in [0.29, 0.717) is 5.00 Å². The molecule has 2 N–H and O–H groups in total. The molecule has 0 saturated heterocycles. The minimum absolute atomic E-state index is 0.0521. The van der Waals surface area contributed by atoms with Gasteiger partial charge >= 0.3 is 5.97 Å². The van der Waals surface area contributed by atoms with Crippen LogP contribution in [0, 0.1) is 5.92 Å². The van der Waals surface area contributed by atoms with Crippen molar-refractivity contribution < 1.29 is 19.4 Å². The summed E-state index contributed by atoms with van der Waals surface area (Å²) >= 11 is 1.22. The van der Waals surface area contributed by atoms with Crippen LogP contribution in [-0.4, -0.2) is 24.1 Å². The van der Waals surface area contributed by atoms with Gasteiger partial charge in [-0.2, -0.15) is 0 Å². The first-order chi connectivity index (χ1) is 10.6. The SMILES string of the molecule is COc1ccc([C@@H]2C[C@H]2C(=O)Nc2cc(C(=O)O)cs2)cc1. The highest BCUT2D eigenvalue weighted by Crippen LogP contribution is 2.48. The smallest absolute Gasteiger partial charge is 0.336 e. The summed E-state index contributed by atoms with van der Waals surface area (Å²) in [4.78, 5) is 23.0. The number of carbonyl (C=O) groups excluding carboxylic acids is 1. The van der Waals surface area contributed by atoms with Crippen LogP contribution in [-0.2, 0) is 4.79 Å². The summed E-state index contributed by atoms with van der Waals surface area (Å²) in [5.41, 5.74) is 1.32. The molecule has 2 atom stereocenters. The molecule has 1 saturated carbocycles. The van der Waals surface area contributed by atoms with Crippen molar-refractivity contribution in [3.8, 4) is 5.75 Å². The van der Waals surface area contributed by atoms with Crippen LogP contribution in [0.25, 0.3) is 0 Å². The maximum atomic E-state index is 12.2. The molecule has 22 heavy (non-hydrogen) atoms. The molecular formula is C16H15NO4S. The molecule has 3 rings (SSSR count). The molecule has 114 valence electrons. The number of nitrogens with one attached hydrogen (secondary N) is 1. The van der Waals surface area contributed by atoms with Gasteiger partial charge in [-0.15, -0.1) is 11.3 Å². The number of carboxylic acids is 1. The number of carboxylic acid groups (broad SMARTS) is 1. The van der Waals surface area contributed by atoms with Crippen LogP contribution in [0.3, 0.4) is 0 Å². The molecule has 0 bridgehead atoms. The summed E-state index contributed by atoms with van der Waals surface area (Å²) < 4.78 is 5.12. The largest absolute Gasteiger partial charge is 0.497 e. The summed E-state index contributed by atoms with van der Waals surface area (Å²) in [5, 5.41) is 13.8. The lowest BCUT2D eigenvalue weighted by Gasteiger charge is -2.04. The topological polar surface area (TPSA) is 75.6 Å². The molecule has 1 aliphatic rings. The van der Waals surface area contributed by atoms with Gasteiger partial charge < -0.3 is 15.2 Å². The molecule has 2 aromatic rings. The van der Waals surface area contributed by atoms with Gasteiger partial charge in [0.05, 0.1) is 17.7 Å². The number of hydrogen-bond acceptors (Lipinski definition) is 4. The number of ether oxygens (including phenoxy) is 1. The van der Waals surface area contributed by atoms with E-state index in [1.807, 2.05) is 24.3 Å². The number of anilines is 1. The minimum atomic E-state index is -0.987. The average molecular weight is 317 g/mol. The second-order valence-corrected chi connectivity index (χ2v) is 6.13. The molecule has 6 heteroatoms. The quantitative estimate of drug-likeness (QED) is 0.888. The monoisotopic (exact) mass is 317 g/mol. The number of thiophene rings is 1. The summed E-state index contributed by atoms with van der Waals surface area (Å²) in [6.07, 6.45) is 0.815. The van der Waals surface area contributed by atoms with Crippen molar-refractivity contribution >= 4 is 28.2 Å². The fourth-order valence-corrected chi connectivity index (χ4v) is 3.21. The van der Waals surface area contributed by atoms with Gasteiger partial charge in [-0.25, -0.2) is 4.79 Å². The zero-order valence-corrected chi connectivity index (χ0v) is 12.7. The summed E-state index contributed by atoms with van der Waals surface area (Å²) in [6.45, 7) is 0. The van der Waals surface area contributed by atoms with Gasteiger partial charge in [0.1, 0.15) is 5.75 Å². The molecule has 1 aromatic carbocycles. The number of benzene rings is 1. The molecule has 1 aromatic heterocycles. The number of methoxy groups -OCH3 is 1. The summed E-state index contributed by atoms with van der Waals surface area (Å²) in [7, 11) is 1.62. The van der Waals surface area contributed by atoms with Crippen LogP contribution in [0.1, 0.15) is 28.3 Å². The van der Waals surface area contributed by atoms with E-state index in [9.17, 15) is 9.59 Å². The zero-order valence-electron chi connectivity index (χ0n) is 11.9. The molecule has 0 radical (unpaired) electrons. The first kappa shape index (κ1) is 14.6. The maximum absolute atomic E-state index is 12.2. The highest BCUT2D eigenvalue weighted by atomic mass is 32.1. The normalized spacial score (nSPS) is 19.5. The van der Waals surface area contributed by atoms with Crippen LogP contribution >= 0.6 is 11.3 Å². The Hall–Kier alpha value is -2.34. The van der Waals surface area contributed by atoms with Gasteiger partial charge in [0.2, 0.25) is 5.91 Å². The van der Waals surface area contributed by atoms with E-state index in [-0.39, 0.29) is 23.3 Å². The third-order valence-corrected chi connectivity index (χ3v) is 4.61. The first-order valence-electron chi connectivity index (χ1n) is 6.85. The first-order valence-corrected chi connectivity index (χ1v) is 7.73. The maximum Gasteiger partial charge on any atom is 0.336 e. The Morgan fingerprint density at radius 3 is 2.64 bits per heavy atom. The van der Waals surface area contributed by atoms with Crippen LogP contribution in [0.4, 0.5) is 5.00 Å². The standard InChI is InChI=1S/C16H15NO4S/c1-21-11-4-2-9(3-5-11)12-7-13(12)15(18)17-14-6-10(8-22-14)16(19)20/h2-6,8,12-13H,7H2,1H3,(H,17,18)(H,19,20)/t12-,13+/m0/s1. The molecular weight excluding hydrogens is 302 g/mol. The van der Waals surface area contributed by atoms with Gasteiger partial charge in [-0.05, 0) is 36.1 Å².